The normalized spacial score (nSPS) is 11.3. The number of oxazole rings is 1. The highest BCUT2D eigenvalue weighted by molar-refractivity contribution is 7.80. The van der Waals surface area contributed by atoms with Crippen molar-refractivity contribution in [1.29, 1.82) is 0 Å². The zero-order chi connectivity index (χ0) is 24.3. The van der Waals surface area contributed by atoms with Gasteiger partial charge in [0.05, 0.1) is 6.61 Å². The molecule has 7 heteroatoms. The maximum absolute atomic E-state index is 12.6. The smallest absolute Gasteiger partial charge is 0.257 e. The largest absolute Gasteiger partial charge is 0.494 e. The summed E-state index contributed by atoms with van der Waals surface area (Å²) in [5.41, 5.74) is 4.63. The summed E-state index contributed by atoms with van der Waals surface area (Å²) in [4.78, 5) is 17.2. The van der Waals surface area contributed by atoms with Gasteiger partial charge in [-0.05, 0) is 84.7 Å². The lowest BCUT2D eigenvalue weighted by molar-refractivity contribution is 0.0977. The van der Waals surface area contributed by atoms with Crippen LogP contribution in [0, 0.1) is 0 Å². The van der Waals surface area contributed by atoms with Crippen molar-refractivity contribution in [3.05, 3.63) is 77.9 Å². The molecule has 6 nitrogen and oxygen atoms in total. The van der Waals surface area contributed by atoms with Crippen LogP contribution in [-0.2, 0) is 5.41 Å². The van der Waals surface area contributed by atoms with Crippen molar-refractivity contribution in [1.82, 2.24) is 10.3 Å². The molecule has 0 aliphatic carbocycles. The Morgan fingerprint density at radius 1 is 1.03 bits per heavy atom. The molecule has 0 spiro atoms. The van der Waals surface area contributed by atoms with Crippen LogP contribution in [0.5, 0.6) is 5.75 Å². The molecule has 1 amide bonds. The van der Waals surface area contributed by atoms with Gasteiger partial charge in [-0.2, -0.15) is 0 Å². The molecule has 0 saturated heterocycles. The zero-order valence-electron chi connectivity index (χ0n) is 19.6. The molecule has 2 N–H and O–H groups in total. The molecule has 174 valence electrons. The van der Waals surface area contributed by atoms with Gasteiger partial charge in [0.25, 0.3) is 5.91 Å². The number of amides is 1. The lowest BCUT2D eigenvalue weighted by Gasteiger charge is -2.19. The molecule has 34 heavy (non-hydrogen) atoms. The first-order chi connectivity index (χ1) is 16.2. The number of hydrogen-bond donors (Lipinski definition) is 2. The van der Waals surface area contributed by atoms with Crippen molar-refractivity contribution in [3.8, 4) is 17.2 Å². The second-order valence-corrected chi connectivity index (χ2v) is 9.30. The number of thiocarbonyl (C=S) groups is 1. The number of hydrogen-bond acceptors (Lipinski definition) is 5. The molecule has 0 aliphatic heterocycles. The van der Waals surface area contributed by atoms with Crippen molar-refractivity contribution in [2.24, 2.45) is 0 Å². The second kappa shape index (κ2) is 9.65. The number of carbonyl (C=O) groups excluding carboxylic acids is 1. The summed E-state index contributed by atoms with van der Waals surface area (Å²) in [6.07, 6.45) is 0. The summed E-state index contributed by atoms with van der Waals surface area (Å²) < 4.78 is 11.4. The minimum absolute atomic E-state index is 0.0262. The molecule has 0 aliphatic rings. The van der Waals surface area contributed by atoms with Crippen molar-refractivity contribution >= 4 is 40.0 Å². The van der Waals surface area contributed by atoms with E-state index in [4.69, 9.17) is 21.4 Å². The van der Waals surface area contributed by atoms with Crippen molar-refractivity contribution < 1.29 is 13.9 Å². The summed E-state index contributed by atoms with van der Waals surface area (Å²) in [7, 11) is 0. The third kappa shape index (κ3) is 5.43. The molecule has 0 bridgehead atoms. The van der Waals surface area contributed by atoms with Gasteiger partial charge in [0.1, 0.15) is 11.3 Å². The van der Waals surface area contributed by atoms with Crippen LogP contribution in [0.15, 0.2) is 71.1 Å². The topological polar surface area (TPSA) is 76.4 Å². The van der Waals surface area contributed by atoms with E-state index in [0.717, 1.165) is 16.9 Å². The number of benzene rings is 3. The Bertz CT molecular complexity index is 1320. The van der Waals surface area contributed by atoms with Gasteiger partial charge < -0.3 is 14.5 Å². The maximum atomic E-state index is 12.6. The van der Waals surface area contributed by atoms with Crippen LogP contribution in [-0.4, -0.2) is 22.6 Å². The first kappa shape index (κ1) is 23.4. The first-order valence-corrected chi connectivity index (χ1v) is 11.5. The van der Waals surface area contributed by atoms with Gasteiger partial charge in [0.2, 0.25) is 5.89 Å². The third-order valence-corrected chi connectivity index (χ3v) is 5.50. The molecule has 3 aromatic carbocycles. The fourth-order valence-corrected chi connectivity index (χ4v) is 3.66. The first-order valence-electron chi connectivity index (χ1n) is 11.1. The van der Waals surface area contributed by atoms with Gasteiger partial charge in [0.15, 0.2) is 10.7 Å². The predicted molar refractivity (Wildman–Crippen MR) is 139 cm³/mol. The molecule has 1 heterocycles. The van der Waals surface area contributed by atoms with E-state index in [2.05, 4.69) is 36.4 Å². The SMILES string of the molecule is CCOc1ccc(-c2nc3cc(NC(=S)NC(=O)c4ccc(C(C)(C)C)cc4)ccc3o2)cc1. The lowest BCUT2D eigenvalue weighted by atomic mass is 9.87. The lowest BCUT2D eigenvalue weighted by Crippen LogP contribution is -2.34. The van der Waals surface area contributed by atoms with Crippen LogP contribution >= 0.6 is 12.2 Å². The van der Waals surface area contributed by atoms with E-state index >= 15 is 0 Å². The molecule has 4 aromatic rings. The summed E-state index contributed by atoms with van der Waals surface area (Å²) in [5, 5.41) is 5.97. The Balaban J connectivity index is 1.42. The molecule has 0 saturated carbocycles. The Kier molecular flexibility index (Phi) is 6.65. The molecule has 0 fully saturated rings. The zero-order valence-corrected chi connectivity index (χ0v) is 20.5. The summed E-state index contributed by atoms with van der Waals surface area (Å²) in [6, 6.07) is 20.6. The van der Waals surface area contributed by atoms with Crippen LogP contribution in [0.3, 0.4) is 0 Å². The van der Waals surface area contributed by atoms with Gasteiger partial charge in [0, 0.05) is 16.8 Å². The monoisotopic (exact) mass is 473 g/mol. The Hall–Kier alpha value is -3.71. The third-order valence-electron chi connectivity index (χ3n) is 5.30. The van der Waals surface area contributed by atoms with Gasteiger partial charge in [-0.3, -0.25) is 10.1 Å². The van der Waals surface area contributed by atoms with Crippen LogP contribution in [0.2, 0.25) is 0 Å². The van der Waals surface area contributed by atoms with E-state index in [1.165, 1.54) is 0 Å². The van der Waals surface area contributed by atoms with E-state index in [-0.39, 0.29) is 16.4 Å². The number of nitrogens with one attached hydrogen (secondary N) is 2. The van der Waals surface area contributed by atoms with Crippen LogP contribution in [0.25, 0.3) is 22.6 Å². The fourth-order valence-electron chi connectivity index (χ4n) is 3.45. The van der Waals surface area contributed by atoms with Gasteiger partial charge >= 0.3 is 0 Å². The number of anilines is 1. The molecular formula is C27H27N3O3S. The van der Waals surface area contributed by atoms with E-state index in [0.29, 0.717) is 34.8 Å². The number of aromatic nitrogens is 1. The maximum Gasteiger partial charge on any atom is 0.257 e. The molecular weight excluding hydrogens is 446 g/mol. The summed E-state index contributed by atoms with van der Waals surface area (Å²) in [6.45, 7) is 8.96. The predicted octanol–water partition coefficient (Wildman–Crippen LogP) is 6.32. The molecule has 0 unspecified atom stereocenters. The Morgan fingerprint density at radius 2 is 1.74 bits per heavy atom. The van der Waals surface area contributed by atoms with Crippen molar-refractivity contribution in [3.63, 3.8) is 0 Å². The number of fused-ring (bicyclic) bond motifs is 1. The number of rotatable bonds is 5. The van der Waals surface area contributed by atoms with Crippen LogP contribution in [0.1, 0.15) is 43.6 Å². The van der Waals surface area contributed by atoms with E-state index in [1.54, 1.807) is 0 Å². The highest BCUT2D eigenvalue weighted by Crippen LogP contribution is 2.27. The minimum Gasteiger partial charge on any atom is -0.494 e. The fraction of sp³-hybridized carbons (Fsp3) is 0.222. The summed E-state index contributed by atoms with van der Waals surface area (Å²) in [5.74, 6) is 1.05. The van der Waals surface area contributed by atoms with Crippen LogP contribution in [0.4, 0.5) is 5.69 Å². The molecule has 1 aromatic heterocycles. The van der Waals surface area contributed by atoms with Gasteiger partial charge in [-0.25, -0.2) is 4.98 Å². The standard InChI is InChI=1S/C27H27N3O3S/c1-5-32-21-13-8-18(9-14-21)25-29-22-16-20(12-15-23(22)33-25)28-26(34)30-24(31)17-6-10-19(11-7-17)27(2,3)4/h6-16H,5H2,1-4H3,(H2,28,30,31,34). The highest BCUT2D eigenvalue weighted by atomic mass is 32.1. The average molecular weight is 474 g/mol. The molecule has 4 rings (SSSR count). The van der Waals surface area contributed by atoms with E-state index in [9.17, 15) is 4.79 Å². The summed E-state index contributed by atoms with van der Waals surface area (Å²) >= 11 is 5.34. The Labute approximate surface area is 204 Å². The van der Waals surface area contributed by atoms with E-state index < -0.39 is 0 Å². The molecule has 0 radical (unpaired) electrons. The minimum atomic E-state index is -0.266. The average Bonchev–Trinajstić information content (AvgIpc) is 3.22. The van der Waals surface area contributed by atoms with Crippen molar-refractivity contribution in [2.75, 3.05) is 11.9 Å². The second-order valence-electron chi connectivity index (χ2n) is 8.89. The van der Waals surface area contributed by atoms with E-state index in [1.807, 2.05) is 73.7 Å². The highest BCUT2D eigenvalue weighted by Gasteiger charge is 2.15. The number of ether oxygens (including phenoxy) is 1. The molecule has 0 atom stereocenters. The number of nitrogens with zero attached hydrogens (tertiary/aromatic N) is 1. The van der Waals surface area contributed by atoms with Crippen molar-refractivity contribution in [2.45, 2.75) is 33.1 Å². The van der Waals surface area contributed by atoms with Gasteiger partial charge in [-0.15, -0.1) is 0 Å². The Morgan fingerprint density at radius 3 is 2.38 bits per heavy atom. The van der Waals surface area contributed by atoms with Gasteiger partial charge in [-0.1, -0.05) is 32.9 Å². The number of carbonyl (C=O) groups is 1. The quantitative estimate of drug-likeness (QED) is 0.331. The van der Waals surface area contributed by atoms with Crippen LogP contribution < -0.4 is 15.4 Å².